The zero-order chi connectivity index (χ0) is 9.80. The van der Waals surface area contributed by atoms with Crippen molar-refractivity contribution in [2.24, 2.45) is 5.92 Å². The first kappa shape index (κ1) is 9.08. The lowest BCUT2D eigenvalue weighted by molar-refractivity contribution is 0.640. The largest absolute Gasteiger partial charge is 0.371 e. The van der Waals surface area contributed by atoms with Gasteiger partial charge < -0.3 is 9.74 Å². The van der Waals surface area contributed by atoms with Gasteiger partial charge >= 0.3 is 0 Å². The van der Waals surface area contributed by atoms with Crippen LogP contribution in [-0.4, -0.2) is 19.6 Å². The van der Waals surface area contributed by atoms with Gasteiger partial charge in [-0.25, -0.2) is 6.57 Å². The Hall–Kier alpha value is -1.49. The van der Waals surface area contributed by atoms with Gasteiger partial charge in [-0.3, -0.25) is 0 Å². The number of anilines is 1. The van der Waals surface area contributed by atoms with Gasteiger partial charge in [-0.05, 0) is 18.6 Å². The van der Waals surface area contributed by atoms with Crippen LogP contribution in [0.3, 0.4) is 0 Å². The summed E-state index contributed by atoms with van der Waals surface area (Å²) in [7, 11) is 0. The molecule has 1 aliphatic rings. The zero-order valence-electron chi connectivity index (χ0n) is 8.19. The summed E-state index contributed by atoms with van der Waals surface area (Å²) in [4.78, 5) is 5.84. The van der Waals surface area contributed by atoms with E-state index >= 15 is 0 Å². The van der Waals surface area contributed by atoms with Crippen molar-refractivity contribution in [3.8, 4) is 0 Å². The van der Waals surface area contributed by atoms with Crippen LogP contribution in [0.4, 0.5) is 5.69 Å². The molecule has 0 aliphatic carbocycles. The van der Waals surface area contributed by atoms with Crippen molar-refractivity contribution in [3.05, 3.63) is 41.7 Å². The van der Waals surface area contributed by atoms with E-state index in [4.69, 9.17) is 6.57 Å². The highest BCUT2D eigenvalue weighted by Crippen LogP contribution is 2.23. The molecule has 2 rings (SSSR count). The van der Waals surface area contributed by atoms with Gasteiger partial charge in [-0.15, -0.1) is 0 Å². The van der Waals surface area contributed by atoms with Crippen LogP contribution in [0.5, 0.6) is 0 Å². The summed E-state index contributed by atoms with van der Waals surface area (Å²) in [5.41, 5.74) is 1.29. The average molecular weight is 186 g/mol. The molecule has 1 aromatic rings. The standard InChI is InChI=1S/C12H14N2/c1-13-9-11-7-8-14(10-11)12-5-3-2-4-6-12/h2-6,11H,7-10H2. The van der Waals surface area contributed by atoms with E-state index in [1.165, 1.54) is 5.69 Å². The van der Waals surface area contributed by atoms with E-state index in [0.29, 0.717) is 12.5 Å². The summed E-state index contributed by atoms with van der Waals surface area (Å²) in [5, 5.41) is 0. The first-order valence-electron chi connectivity index (χ1n) is 5.03. The normalized spacial score (nSPS) is 20.8. The van der Waals surface area contributed by atoms with Gasteiger partial charge in [-0.1, -0.05) is 18.2 Å². The molecule has 1 unspecified atom stereocenters. The Morgan fingerprint density at radius 1 is 1.36 bits per heavy atom. The van der Waals surface area contributed by atoms with Crippen LogP contribution in [-0.2, 0) is 0 Å². The molecule has 0 N–H and O–H groups in total. The number of rotatable bonds is 2. The van der Waals surface area contributed by atoms with Crippen LogP contribution in [0, 0.1) is 12.5 Å². The van der Waals surface area contributed by atoms with Gasteiger partial charge in [0.1, 0.15) is 0 Å². The number of nitrogens with zero attached hydrogens (tertiary/aromatic N) is 2. The molecule has 1 heterocycles. The Kier molecular flexibility index (Phi) is 2.69. The van der Waals surface area contributed by atoms with E-state index in [0.717, 1.165) is 19.5 Å². The monoisotopic (exact) mass is 186 g/mol. The third-order valence-electron chi connectivity index (χ3n) is 2.76. The number of hydrogen-bond donors (Lipinski definition) is 0. The van der Waals surface area contributed by atoms with E-state index < -0.39 is 0 Å². The minimum atomic E-state index is 0.577. The molecule has 0 saturated carbocycles. The summed E-state index contributed by atoms with van der Waals surface area (Å²) >= 11 is 0. The Morgan fingerprint density at radius 2 is 2.14 bits per heavy atom. The minimum Gasteiger partial charge on any atom is -0.371 e. The van der Waals surface area contributed by atoms with Gasteiger partial charge in [0.25, 0.3) is 0 Å². The van der Waals surface area contributed by atoms with Gasteiger partial charge in [0.05, 0.1) is 5.92 Å². The van der Waals surface area contributed by atoms with Crippen LogP contribution >= 0.6 is 0 Å². The maximum atomic E-state index is 6.84. The molecule has 14 heavy (non-hydrogen) atoms. The van der Waals surface area contributed by atoms with Crippen molar-refractivity contribution in [1.29, 1.82) is 0 Å². The Bertz CT molecular complexity index is 326. The second-order valence-corrected chi connectivity index (χ2v) is 3.78. The van der Waals surface area contributed by atoms with Crippen LogP contribution in [0.2, 0.25) is 0 Å². The molecular weight excluding hydrogens is 172 g/mol. The SMILES string of the molecule is [C-]#[N+]CC1CCN(c2ccccc2)C1. The van der Waals surface area contributed by atoms with Crippen molar-refractivity contribution < 1.29 is 0 Å². The quantitative estimate of drug-likeness (QED) is 0.644. The molecule has 2 nitrogen and oxygen atoms in total. The number of benzene rings is 1. The third kappa shape index (κ3) is 1.88. The lowest BCUT2D eigenvalue weighted by Gasteiger charge is -2.17. The van der Waals surface area contributed by atoms with E-state index in [2.05, 4.69) is 34.0 Å². The van der Waals surface area contributed by atoms with Gasteiger partial charge in [0.15, 0.2) is 0 Å². The molecule has 72 valence electrons. The zero-order valence-corrected chi connectivity index (χ0v) is 8.19. The first-order valence-corrected chi connectivity index (χ1v) is 5.03. The predicted molar refractivity (Wildman–Crippen MR) is 58.2 cm³/mol. The molecule has 0 radical (unpaired) electrons. The Labute approximate surface area is 85.0 Å². The fraction of sp³-hybridized carbons (Fsp3) is 0.417. The first-order chi connectivity index (χ1) is 6.90. The molecule has 0 amide bonds. The van der Waals surface area contributed by atoms with Crippen LogP contribution in [0.1, 0.15) is 6.42 Å². The second-order valence-electron chi connectivity index (χ2n) is 3.78. The molecule has 1 atom stereocenters. The molecule has 1 aliphatic heterocycles. The maximum Gasteiger partial charge on any atom is 0.219 e. The van der Waals surface area contributed by atoms with E-state index in [1.807, 2.05) is 6.07 Å². The molecular formula is C12H14N2. The summed E-state index contributed by atoms with van der Waals surface area (Å²) in [6, 6.07) is 10.5. The van der Waals surface area contributed by atoms with E-state index in [-0.39, 0.29) is 0 Å². The number of hydrogen-bond acceptors (Lipinski definition) is 1. The van der Waals surface area contributed by atoms with Crippen LogP contribution < -0.4 is 4.90 Å². The predicted octanol–water partition coefficient (Wildman–Crippen LogP) is 2.43. The molecule has 0 bridgehead atoms. The topological polar surface area (TPSA) is 7.60 Å². The summed E-state index contributed by atoms with van der Waals surface area (Å²) in [5.74, 6) is 0.577. The van der Waals surface area contributed by atoms with E-state index in [1.54, 1.807) is 0 Å². The smallest absolute Gasteiger partial charge is 0.219 e. The molecule has 0 aromatic heterocycles. The van der Waals surface area contributed by atoms with Gasteiger partial charge in [-0.2, -0.15) is 0 Å². The molecule has 1 saturated heterocycles. The fourth-order valence-electron chi connectivity index (χ4n) is 1.98. The highest BCUT2D eigenvalue weighted by Gasteiger charge is 2.24. The van der Waals surface area contributed by atoms with Crippen molar-refractivity contribution in [2.75, 3.05) is 24.5 Å². The second kappa shape index (κ2) is 4.15. The summed E-state index contributed by atoms with van der Waals surface area (Å²) in [6.07, 6.45) is 1.16. The van der Waals surface area contributed by atoms with Crippen LogP contribution in [0.15, 0.2) is 30.3 Å². The number of para-hydroxylation sites is 1. The van der Waals surface area contributed by atoms with Crippen molar-refractivity contribution in [2.45, 2.75) is 6.42 Å². The van der Waals surface area contributed by atoms with Crippen molar-refractivity contribution in [1.82, 2.24) is 0 Å². The lowest BCUT2D eigenvalue weighted by atomic mass is 10.1. The highest BCUT2D eigenvalue weighted by molar-refractivity contribution is 5.46. The van der Waals surface area contributed by atoms with Crippen LogP contribution in [0.25, 0.3) is 4.85 Å². The summed E-state index contributed by atoms with van der Waals surface area (Å²) in [6.45, 7) is 9.68. The highest BCUT2D eigenvalue weighted by atomic mass is 15.2. The lowest BCUT2D eigenvalue weighted by Crippen LogP contribution is -2.19. The molecule has 1 aromatic carbocycles. The van der Waals surface area contributed by atoms with Crippen molar-refractivity contribution >= 4 is 5.69 Å². The van der Waals surface area contributed by atoms with E-state index in [9.17, 15) is 0 Å². The Balaban J connectivity index is 2.00. The van der Waals surface area contributed by atoms with Gasteiger partial charge in [0.2, 0.25) is 6.54 Å². The Morgan fingerprint density at radius 3 is 2.86 bits per heavy atom. The average Bonchev–Trinajstić information content (AvgIpc) is 2.68. The molecule has 0 spiro atoms. The minimum absolute atomic E-state index is 0.577. The maximum absolute atomic E-state index is 6.84. The molecule has 1 fully saturated rings. The fourth-order valence-corrected chi connectivity index (χ4v) is 1.98. The summed E-state index contributed by atoms with van der Waals surface area (Å²) < 4.78 is 0. The van der Waals surface area contributed by atoms with Gasteiger partial charge in [0, 0.05) is 18.8 Å². The molecule has 2 heteroatoms. The van der Waals surface area contributed by atoms with Crippen molar-refractivity contribution in [3.63, 3.8) is 0 Å². The third-order valence-corrected chi connectivity index (χ3v) is 2.76.